The van der Waals surface area contributed by atoms with Crippen molar-refractivity contribution in [1.29, 1.82) is 0 Å². The molecule has 0 saturated carbocycles. The van der Waals surface area contributed by atoms with E-state index in [-0.39, 0.29) is 0 Å². The van der Waals surface area contributed by atoms with E-state index in [0.29, 0.717) is 0 Å². The Hall–Kier alpha value is -0.980. The average Bonchev–Trinajstić information content (AvgIpc) is 2.06. The van der Waals surface area contributed by atoms with Crippen LogP contribution in [0.15, 0.2) is 18.2 Å². The van der Waals surface area contributed by atoms with Crippen molar-refractivity contribution in [3.05, 3.63) is 35.7 Å². The average molecular weight is 146 g/mol. The van der Waals surface area contributed by atoms with Gasteiger partial charge in [-0.3, -0.25) is 0 Å². The summed E-state index contributed by atoms with van der Waals surface area (Å²) >= 11 is 0. The Morgan fingerprint density at radius 3 is 3.18 bits per heavy atom. The SMILES string of the molecule is Cc1cccc2c1[C]CCO2. The highest BCUT2D eigenvalue weighted by Crippen LogP contribution is 2.27. The van der Waals surface area contributed by atoms with Crippen LogP contribution in [0.3, 0.4) is 0 Å². The molecule has 1 aromatic rings. The fraction of sp³-hybridized carbons (Fsp3) is 0.300. The van der Waals surface area contributed by atoms with Crippen molar-refractivity contribution < 1.29 is 4.74 Å². The molecule has 1 heteroatoms. The van der Waals surface area contributed by atoms with E-state index in [2.05, 4.69) is 19.4 Å². The molecule has 1 heterocycles. The van der Waals surface area contributed by atoms with Crippen LogP contribution in [0.5, 0.6) is 5.75 Å². The molecule has 2 radical (unpaired) electrons. The molecule has 2 rings (SSSR count). The molecule has 11 heavy (non-hydrogen) atoms. The molecule has 0 spiro atoms. The maximum absolute atomic E-state index is 5.44. The first-order chi connectivity index (χ1) is 5.38. The third kappa shape index (κ3) is 1.11. The van der Waals surface area contributed by atoms with Gasteiger partial charge in [0, 0.05) is 12.0 Å². The van der Waals surface area contributed by atoms with Gasteiger partial charge in [-0.15, -0.1) is 0 Å². The van der Waals surface area contributed by atoms with Crippen molar-refractivity contribution in [2.75, 3.05) is 6.61 Å². The summed E-state index contributed by atoms with van der Waals surface area (Å²) in [4.78, 5) is 0. The van der Waals surface area contributed by atoms with Crippen molar-refractivity contribution in [2.24, 2.45) is 0 Å². The standard InChI is InChI=1S/C10H10O/c1-8-4-2-6-10-9(8)5-3-7-11-10/h2,4,6H,3,7H2,1H3. The van der Waals surface area contributed by atoms with Gasteiger partial charge in [-0.2, -0.15) is 0 Å². The van der Waals surface area contributed by atoms with E-state index in [0.717, 1.165) is 24.3 Å². The van der Waals surface area contributed by atoms with Gasteiger partial charge in [0.15, 0.2) is 0 Å². The van der Waals surface area contributed by atoms with E-state index in [4.69, 9.17) is 4.74 Å². The lowest BCUT2D eigenvalue weighted by Gasteiger charge is -2.17. The Balaban J connectivity index is 2.49. The molecule has 56 valence electrons. The molecule has 0 N–H and O–H groups in total. The monoisotopic (exact) mass is 146 g/mol. The largest absolute Gasteiger partial charge is 0.493 e. The first-order valence-electron chi connectivity index (χ1n) is 3.84. The van der Waals surface area contributed by atoms with Gasteiger partial charge in [0.25, 0.3) is 0 Å². The first kappa shape index (κ1) is 6.71. The summed E-state index contributed by atoms with van der Waals surface area (Å²) in [5.41, 5.74) is 2.40. The van der Waals surface area contributed by atoms with Crippen LogP contribution in [-0.4, -0.2) is 6.61 Å². The summed E-state index contributed by atoms with van der Waals surface area (Å²) in [5, 5.41) is 0. The van der Waals surface area contributed by atoms with Crippen molar-refractivity contribution in [3.63, 3.8) is 0 Å². The summed E-state index contributed by atoms with van der Waals surface area (Å²) in [6.45, 7) is 2.86. The van der Waals surface area contributed by atoms with Crippen LogP contribution >= 0.6 is 0 Å². The topological polar surface area (TPSA) is 9.23 Å². The van der Waals surface area contributed by atoms with Crippen LogP contribution in [0, 0.1) is 13.3 Å². The molecule has 1 aliphatic rings. The maximum Gasteiger partial charge on any atom is 0.123 e. The zero-order valence-electron chi connectivity index (χ0n) is 6.55. The number of benzene rings is 1. The predicted molar refractivity (Wildman–Crippen MR) is 43.6 cm³/mol. The minimum absolute atomic E-state index is 0.774. The number of hydrogen-bond donors (Lipinski definition) is 0. The summed E-state index contributed by atoms with van der Waals surface area (Å²) in [6.07, 6.45) is 4.22. The summed E-state index contributed by atoms with van der Waals surface area (Å²) in [5.74, 6) is 0.983. The van der Waals surface area contributed by atoms with Crippen molar-refractivity contribution in [1.82, 2.24) is 0 Å². The molecule has 0 saturated heterocycles. The van der Waals surface area contributed by atoms with Crippen LogP contribution < -0.4 is 4.74 Å². The van der Waals surface area contributed by atoms with E-state index in [1.165, 1.54) is 5.56 Å². The summed E-state index contributed by atoms with van der Waals surface area (Å²) in [7, 11) is 0. The van der Waals surface area contributed by atoms with E-state index >= 15 is 0 Å². The molecule has 0 aliphatic carbocycles. The van der Waals surface area contributed by atoms with Crippen LogP contribution in [0.25, 0.3) is 0 Å². The van der Waals surface area contributed by atoms with Crippen molar-refractivity contribution >= 4 is 0 Å². The minimum Gasteiger partial charge on any atom is -0.493 e. The molecule has 0 fully saturated rings. The maximum atomic E-state index is 5.44. The van der Waals surface area contributed by atoms with Crippen molar-refractivity contribution in [2.45, 2.75) is 13.3 Å². The molecule has 1 aliphatic heterocycles. The number of rotatable bonds is 0. The van der Waals surface area contributed by atoms with Gasteiger partial charge in [0.2, 0.25) is 0 Å². The highest BCUT2D eigenvalue weighted by Gasteiger charge is 2.11. The summed E-state index contributed by atoms with van der Waals surface area (Å²) < 4.78 is 5.44. The Kier molecular flexibility index (Phi) is 1.57. The van der Waals surface area contributed by atoms with Gasteiger partial charge in [-0.25, -0.2) is 0 Å². The van der Waals surface area contributed by atoms with Crippen LogP contribution in [0.2, 0.25) is 0 Å². The third-order valence-electron chi connectivity index (χ3n) is 1.90. The second-order valence-electron chi connectivity index (χ2n) is 2.72. The zero-order valence-corrected chi connectivity index (χ0v) is 6.55. The molecular formula is C10H10O. The Morgan fingerprint density at radius 2 is 2.36 bits per heavy atom. The lowest BCUT2D eigenvalue weighted by atomic mass is 10.0. The Labute approximate surface area is 67.0 Å². The molecule has 0 atom stereocenters. The van der Waals surface area contributed by atoms with E-state index < -0.39 is 0 Å². The number of ether oxygens (including phenoxy) is 1. The molecule has 1 aromatic carbocycles. The minimum atomic E-state index is 0.774. The number of fused-ring (bicyclic) bond motifs is 1. The molecule has 1 nitrogen and oxygen atoms in total. The second kappa shape index (κ2) is 2.57. The van der Waals surface area contributed by atoms with E-state index in [1.807, 2.05) is 12.1 Å². The predicted octanol–water partition coefficient (Wildman–Crippen LogP) is 2.21. The number of aryl methyl sites for hydroxylation is 1. The Bertz CT molecular complexity index is 266. The van der Waals surface area contributed by atoms with Crippen LogP contribution in [-0.2, 0) is 0 Å². The van der Waals surface area contributed by atoms with Crippen LogP contribution in [0.4, 0.5) is 0 Å². The Morgan fingerprint density at radius 1 is 1.45 bits per heavy atom. The normalized spacial score (nSPS) is 15.4. The fourth-order valence-electron chi connectivity index (χ4n) is 1.32. The molecule has 0 bridgehead atoms. The highest BCUT2D eigenvalue weighted by atomic mass is 16.5. The molecule has 0 aromatic heterocycles. The van der Waals surface area contributed by atoms with Gasteiger partial charge in [-0.1, -0.05) is 12.1 Å². The van der Waals surface area contributed by atoms with Gasteiger partial charge >= 0.3 is 0 Å². The van der Waals surface area contributed by atoms with Gasteiger partial charge in [-0.05, 0) is 25.0 Å². The van der Waals surface area contributed by atoms with E-state index in [1.54, 1.807) is 0 Å². The first-order valence-corrected chi connectivity index (χ1v) is 3.84. The lowest BCUT2D eigenvalue weighted by molar-refractivity contribution is 0.306. The third-order valence-corrected chi connectivity index (χ3v) is 1.90. The zero-order chi connectivity index (χ0) is 7.68. The quantitative estimate of drug-likeness (QED) is 0.545. The van der Waals surface area contributed by atoms with E-state index in [9.17, 15) is 0 Å². The van der Waals surface area contributed by atoms with Crippen molar-refractivity contribution in [3.8, 4) is 5.75 Å². The second-order valence-corrected chi connectivity index (χ2v) is 2.72. The molecule has 0 unspecified atom stereocenters. The van der Waals surface area contributed by atoms with Crippen LogP contribution in [0.1, 0.15) is 17.5 Å². The smallest absolute Gasteiger partial charge is 0.123 e. The molecular weight excluding hydrogens is 136 g/mol. The molecule has 0 amide bonds. The van der Waals surface area contributed by atoms with Gasteiger partial charge < -0.3 is 4.74 Å². The van der Waals surface area contributed by atoms with Gasteiger partial charge in [0.05, 0.1) is 6.61 Å². The lowest BCUT2D eigenvalue weighted by Crippen LogP contribution is -2.07. The number of hydrogen-bond acceptors (Lipinski definition) is 1. The highest BCUT2D eigenvalue weighted by molar-refractivity contribution is 5.45. The van der Waals surface area contributed by atoms with Gasteiger partial charge in [0.1, 0.15) is 5.75 Å². The summed E-state index contributed by atoms with van der Waals surface area (Å²) in [6, 6.07) is 6.09. The fourth-order valence-corrected chi connectivity index (χ4v) is 1.32.